The minimum absolute atomic E-state index is 0. The van der Waals surface area contributed by atoms with Crippen LogP contribution in [0.15, 0.2) is 41.7 Å². The summed E-state index contributed by atoms with van der Waals surface area (Å²) < 4.78 is 1.88. The molecule has 0 radical (unpaired) electrons. The molecule has 0 saturated carbocycles. The van der Waals surface area contributed by atoms with Crippen molar-refractivity contribution in [1.29, 1.82) is 0 Å². The molecule has 7 heteroatoms. The third-order valence-corrected chi connectivity index (χ3v) is 4.86. The zero-order chi connectivity index (χ0) is 18.5. The smallest absolute Gasteiger partial charge is 0.194 e. The summed E-state index contributed by atoms with van der Waals surface area (Å²) in [5.74, 6) is 1.54. The Labute approximate surface area is 179 Å². The van der Waals surface area contributed by atoms with Gasteiger partial charge in [-0.2, -0.15) is 5.10 Å². The number of hydrogen-bond donors (Lipinski definition) is 1. The summed E-state index contributed by atoms with van der Waals surface area (Å²) in [4.78, 5) is 9.39. The quantitative estimate of drug-likeness (QED) is 0.405. The zero-order valence-electron chi connectivity index (χ0n) is 16.7. The van der Waals surface area contributed by atoms with E-state index in [1.165, 1.54) is 16.8 Å². The molecule has 3 rings (SSSR count). The Bertz CT molecular complexity index is 754. The summed E-state index contributed by atoms with van der Waals surface area (Å²) in [6.45, 7) is 5.72. The van der Waals surface area contributed by atoms with Crippen molar-refractivity contribution in [2.24, 2.45) is 12.0 Å². The van der Waals surface area contributed by atoms with Gasteiger partial charge in [0.2, 0.25) is 0 Å². The highest BCUT2D eigenvalue weighted by atomic mass is 127. The Morgan fingerprint density at radius 1 is 1.37 bits per heavy atom. The van der Waals surface area contributed by atoms with Gasteiger partial charge in [0.25, 0.3) is 0 Å². The summed E-state index contributed by atoms with van der Waals surface area (Å²) in [6, 6.07) is 8.57. The first-order valence-corrected chi connectivity index (χ1v) is 9.35. The minimum Gasteiger partial charge on any atom is -0.378 e. The van der Waals surface area contributed by atoms with E-state index in [9.17, 15) is 0 Å². The number of nitrogens with zero attached hydrogens (tertiary/aromatic N) is 5. The number of aliphatic imine (C=N–C) groups is 1. The van der Waals surface area contributed by atoms with Gasteiger partial charge in [-0.3, -0.25) is 4.68 Å². The fourth-order valence-corrected chi connectivity index (χ4v) is 3.40. The fraction of sp³-hybridized carbons (Fsp3) is 0.500. The molecule has 0 bridgehead atoms. The predicted molar refractivity (Wildman–Crippen MR) is 123 cm³/mol. The standard InChI is InChI=1S/C20H30N6.HI/c1-5-21-20(22-12-16-7-6-8-19(11-16)24(2)3)26-10-9-17(15-26)18-13-23-25(4)14-18;/h6-8,11,13-14,17H,5,9-10,12,15H2,1-4H3,(H,21,22);1H. The molecular weight excluding hydrogens is 451 g/mol. The van der Waals surface area contributed by atoms with Gasteiger partial charge in [0.15, 0.2) is 5.96 Å². The first-order valence-electron chi connectivity index (χ1n) is 9.35. The number of aromatic nitrogens is 2. The van der Waals surface area contributed by atoms with Crippen LogP contribution in [0.1, 0.15) is 30.4 Å². The van der Waals surface area contributed by atoms with Crippen LogP contribution in [0, 0.1) is 0 Å². The topological polar surface area (TPSA) is 48.7 Å². The maximum absolute atomic E-state index is 4.89. The molecule has 2 heterocycles. The van der Waals surface area contributed by atoms with Crippen molar-refractivity contribution in [1.82, 2.24) is 20.0 Å². The van der Waals surface area contributed by atoms with E-state index < -0.39 is 0 Å². The number of guanidine groups is 1. The predicted octanol–water partition coefficient (Wildman–Crippen LogP) is 3.06. The Hall–Kier alpha value is -1.77. The van der Waals surface area contributed by atoms with Crippen LogP contribution in [-0.2, 0) is 13.6 Å². The average molecular weight is 482 g/mol. The average Bonchev–Trinajstić information content (AvgIpc) is 3.28. The van der Waals surface area contributed by atoms with Crippen LogP contribution in [0.4, 0.5) is 5.69 Å². The number of aryl methyl sites for hydroxylation is 1. The van der Waals surface area contributed by atoms with Crippen LogP contribution in [0.3, 0.4) is 0 Å². The maximum atomic E-state index is 4.89. The summed E-state index contributed by atoms with van der Waals surface area (Å²) in [5, 5.41) is 7.77. The van der Waals surface area contributed by atoms with Crippen LogP contribution in [0.2, 0.25) is 0 Å². The molecule has 0 amide bonds. The second kappa shape index (κ2) is 9.96. The lowest BCUT2D eigenvalue weighted by Crippen LogP contribution is -2.40. The highest BCUT2D eigenvalue weighted by Crippen LogP contribution is 2.26. The molecule has 1 aromatic carbocycles. The summed E-state index contributed by atoms with van der Waals surface area (Å²) >= 11 is 0. The second-order valence-corrected chi connectivity index (χ2v) is 7.11. The Morgan fingerprint density at radius 2 is 2.19 bits per heavy atom. The number of anilines is 1. The molecule has 27 heavy (non-hydrogen) atoms. The number of hydrogen-bond acceptors (Lipinski definition) is 3. The molecule has 148 valence electrons. The van der Waals surface area contributed by atoms with E-state index in [2.05, 4.69) is 71.7 Å². The Kier molecular flexibility index (Phi) is 7.94. The number of likely N-dealkylation sites (tertiary alicyclic amines) is 1. The summed E-state index contributed by atoms with van der Waals surface area (Å²) in [7, 11) is 6.11. The number of nitrogens with one attached hydrogen (secondary N) is 1. The molecule has 1 aliphatic heterocycles. The van der Waals surface area contributed by atoms with Crippen LogP contribution < -0.4 is 10.2 Å². The van der Waals surface area contributed by atoms with Gasteiger partial charge in [0, 0.05) is 58.6 Å². The largest absolute Gasteiger partial charge is 0.378 e. The SMILES string of the molecule is CCNC(=NCc1cccc(N(C)C)c1)N1CCC(c2cnn(C)c2)C1.I. The van der Waals surface area contributed by atoms with Gasteiger partial charge in [-0.25, -0.2) is 4.99 Å². The van der Waals surface area contributed by atoms with Crippen molar-refractivity contribution in [3.8, 4) is 0 Å². The van der Waals surface area contributed by atoms with Crippen molar-refractivity contribution < 1.29 is 0 Å². The van der Waals surface area contributed by atoms with Gasteiger partial charge in [-0.15, -0.1) is 24.0 Å². The van der Waals surface area contributed by atoms with E-state index in [0.29, 0.717) is 12.5 Å². The number of benzene rings is 1. The lowest BCUT2D eigenvalue weighted by Gasteiger charge is -2.21. The molecule has 1 fully saturated rings. The molecule has 1 atom stereocenters. The van der Waals surface area contributed by atoms with E-state index in [4.69, 9.17) is 4.99 Å². The van der Waals surface area contributed by atoms with Gasteiger partial charge < -0.3 is 15.1 Å². The number of halogens is 1. The molecule has 1 aromatic heterocycles. The van der Waals surface area contributed by atoms with E-state index in [1.54, 1.807) is 0 Å². The van der Waals surface area contributed by atoms with Gasteiger partial charge >= 0.3 is 0 Å². The highest BCUT2D eigenvalue weighted by molar-refractivity contribution is 14.0. The maximum Gasteiger partial charge on any atom is 0.194 e. The van der Waals surface area contributed by atoms with E-state index in [1.807, 2.05) is 17.9 Å². The molecule has 1 N–H and O–H groups in total. The third-order valence-electron chi connectivity index (χ3n) is 4.86. The van der Waals surface area contributed by atoms with E-state index >= 15 is 0 Å². The van der Waals surface area contributed by atoms with Gasteiger partial charge in [-0.1, -0.05) is 12.1 Å². The highest BCUT2D eigenvalue weighted by Gasteiger charge is 2.26. The molecule has 0 aliphatic carbocycles. The molecule has 1 saturated heterocycles. The van der Waals surface area contributed by atoms with Crippen molar-refractivity contribution in [3.05, 3.63) is 47.8 Å². The van der Waals surface area contributed by atoms with Crippen molar-refractivity contribution in [2.75, 3.05) is 38.6 Å². The molecule has 6 nitrogen and oxygen atoms in total. The second-order valence-electron chi connectivity index (χ2n) is 7.11. The Balaban J connectivity index is 0.00000261. The third kappa shape index (κ3) is 5.60. The van der Waals surface area contributed by atoms with E-state index in [0.717, 1.165) is 32.0 Å². The van der Waals surface area contributed by atoms with Crippen LogP contribution in [-0.4, -0.2) is 54.4 Å². The van der Waals surface area contributed by atoms with Crippen LogP contribution in [0.25, 0.3) is 0 Å². The fourth-order valence-electron chi connectivity index (χ4n) is 3.40. The van der Waals surface area contributed by atoms with Crippen LogP contribution >= 0.6 is 24.0 Å². The monoisotopic (exact) mass is 482 g/mol. The summed E-state index contributed by atoms with van der Waals surface area (Å²) in [6.07, 6.45) is 5.27. The summed E-state index contributed by atoms with van der Waals surface area (Å²) in [5.41, 5.74) is 3.76. The van der Waals surface area contributed by atoms with Gasteiger partial charge in [0.1, 0.15) is 0 Å². The van der Waals surface area contributed by atoms with Crippen molar-refractivity contribution >= 4 is 35.6 Å². The van der Waals surface area contributed by atoms with Crippen molar-refractivity contribution in [3.63, 3.8) is 0 Å². The molecule has 1 aliphatic rings. The lowest BCUT2D eigenvalue weighted by atomic mass is 10.0. The van der Waals surface area contributed by atoms with E-state index in [-0.39, 0.29) is 24.0 Å². The molecule has 1 unspecified atom stereocenters. The van der Waals surface area contributed by atoms with Gasteiger partial charge in [-0.05, 0) is 36.6 Å². The van der Waals surface area contributed by atoms with Crippen LogP contribution in [0.5, 0.6) is 0 Å². The van der Waals surface area contributed by atoms with Crippen molar-refractivity contribution in [2.45, 2.75) is 25.8 Å². The molecule has 0 spiro atoms. The first kappa shape index (κ1) is 21.5. The number of rotatable bonds is 5. The first-order chi connectivity index (χ1) is 12.6. The molecular formula is C20H31IN6. The Morgan fingerprint density at radius 3 is 2.85 bits per heavy atom. The minimum atomic E-state index is 0. The zero-order valence-corrected chi connectivity index (χ0v) is 19.1. The lowest BCUT2D eigenvalue weighted by molar-refractivity contribution is 0.486. The normalized spacial score (nSPS) is 17.0. The van der Waals surface area contributed by atoms with Gasteiger partial charge in [0.05, 0.1) is 12.7 Å². The molecule has 2 aromatic rings.